The van der Waals surface area contributed by atoms with Crippen LogP contribution in [-0.2, 0) is 4.79 Å². The molecule has 0 amide bonds. The first-order chi connectivity index (χ1) is 7.42. The van der Waals surface area contributed by atoms with Crippen molar-refractivity contribution in [3.63, 3.8) is 0 Å². The number of hydrogen-bond donors (Lipinski definition) is 2. The van der Waals surface area contributed by atoms with Crippen LogP contribution in [0, 0.1) is 0 Å². The highest BCUT2D eigenvalue weighted by Crippen LogP contribution is 2.08. The number of aliphatic hydroxyl groups is 1. The highest BCUT2D eigenvalue weighted by molar-refractivity contribution is 5.76. The van der Waals surface area contributed by atoms with Crippen molar-refractivity contribution in [2.45, 2.75) is 25.4 Å². The van der Waals surface area contributed by atoms with Gasteiger partial charge in [0.05, 0.1) is 0 Å². The molecule has 0 aromatic carbocycles. The van der Waals surface area contributed by atoms with Gasteiger partial charge < -0.3 is 20.0 Å². The fraction of sp³-hybridized carbons (Fsp3) is 0.909. The van der Waals surface area contributed by atoms with E-state index in [1.54, 1.807) is 0 Å². The minimum Gasteiger partial charge on any atom is -0.479 e. The van der Waals surface area contributed by atoms with Gasteiger partial charge in [-0.2, -0.15) is 0 Å². The normalized spacial score (nSPS) is 21.2. The van der Waals surface area contributed by atoms with Crippen LogP contribution in [0.4, 0.5) is 0 Å². The predicted octanol–water partition coefficient (Wildman–Crippen LogP) is -0.150. The smallest absolute Gasteiger partial charge is 0.336 e. The Hall–Kier alpha value is -0.650. The lowest BCUT2D eigenvalue weighted by Gasteiger charge is -2.27. The number of carbonyl (C=O) groups is 1. The number of rotatable bonds is 6. The van der Waals surface area contributed by atoms with Gasteiger partial charge in [-0.25, -0.2) is 4.79 Å². The summed E-state index contributed by atoms with van der Waals surface area (Å²) in [4.78, 5) is 15.0. The van der Waals surface area contributed by atoms with Crippen LogP contribution in [0.25, 0.3) is 0 Å². The van der Waals surface area contributed by atoms with Gasteiger partial charge in [0.1, 0.15) is 0 Å². The molecule has 5 nitrogen and oxygen atoms in total. The van der Waals surface area contributed by atoms with Gasteiger partial charge in [-0.05, 0) is 39.9 Å². The number of carboxylic acid groups (broad SMARTS) is 1. The summed E-state index contributed by atoms with van der Waals surface area (Å²) in [5.41, 5.74) is -1.65. The van der Waals surface area contributed by atoms with Crippen LogP contribution in [0.3, 0.4) is 0 Å². The zero-order valence-corrected chi connectivity index (χ0v) is 10.1. The quantitative estimate of drug-likeness (QED) is 0.664. The molecule has 1 fully saturated rings. The molecule has 0 aromatic rings. The van der Waals surface area contributed by atoms with Crippen LogP contribution < -0.4 is 0 Å². The Morgan fingerprint density at radius 3 is 2.50 bits per heavy atom. The van der Waals surface area contributed by atoms with Gasteiger partial charge in [0.2, 0.25) is 0 Å². The Kier molecular flexibility index (Phi) is 4.70. The maximum absolute atomic E-state index is 10.7. The number of nitrogens with zero attached hydrogens (tertiary/aromatic N) is 2. The molecule has 94 valence electrons. The fourth-order valence-corrected chi connectivity index (χ4v) is 1.99. The molecule has 1 aliphatic rings. The fourth-order valence-electron chi connectivity index (χ4n) is 1.99. The molecule has 0 saturated carbocycles. The second kappa shape index (κ2) is 5.61. The maximum Gasteiger partial charge on any atom is 0.336 e. The van der Waals surface area contributed by atoms with Gasteiger partial charge in [-0.3, -0.25) is 0 Å². The molecule has 1 saturated heterocycles. The van der Waals surface area contributed by atoms with Crippen molar-refractivity contribution in [1.29, 1.82) is 0 Å². The molecular weight excluding hydrogens is 208 g/mol. The number of carboxylic acids is 1. The summed E-state index contributed by atoms with van der Waals surface area (Å²) in [5, 5.41) is 18.4. The third kappa shape index (κ3) is 4.08. The number of likely N-dealkylation sites (tertiary alicyclic amines) is 1. The lowest BCUT2D eigenvalue weighted by Crippen LogP contribution is -2.47. The molecule has 1 rings (SSSR count). The van der Waals surface area contributed by atoms with Gasteiger partial charge in [0.25, 0.3) is 0 Å². The van der Waals surface area contributed by atoms with E-state index in [1.807, 2.05) is 11.9 Å². The van der Waals surface area contributed by atoms with Gasteiger partial charge in [0, 0.05) is 19.6 Å². The average molecular weight is 230 g/mol. The molecule has 1 aliphatic heterocycles. The molecule has 16 heavy (non-hydrogen) atoms. The molecule has 1 unspecified atom stereocenters. The number of likely N-dealkylation sites (N-methyl/N-ethyl adjacent to an activating group) is 1. The first kappa shape index (κ1) is 13.4. The lowest BCUT2D eigenvalue weighted by atomic mass is 10.1. The van der Waals surface area contributed by atoms with Crippen LogP contribution in [-0.4, -0.2) is 71.4 Å². The van der Waals surface area contributed by atoms with E-state index in [-0.39, 0.29) is 6.54 Å². The first-order valence-electron chi connectivity index (χ1n) is 5.78. The standard InChI is InChI=1S/C11H22N2O3/c1-11(16,10(14)15)9-12(2)7-8-13-5-3-4-6-13/h16H,3-9H2,1-2H3,(H,14,15). The molecule has 2 N–H and O–H groups in total. The molecule has 0 aromatic heterocycles. The molecule has 0 spiro atoms. The minimum absolute atomic E-state index is 0.163. The molecule has 0 aliphatic carbocycles. The van der Waals surface area contributed by atoms with Gasteiger partial charge in [-0.1, -0.05) is 0 Å². The van der Waals surface area contributed by atoms with Gasteiger partial charge >= 0.3 is 5.97 Å². The van der Waals surface area contributed by atoms with Gasteiger partial charge in [0.15, 0.2) is 5.60 Å². The Bertz CT molecular complexity index is 237. The third-order valence-corrected chi connectivity index (χ3v) is 3.04. The molecule has 5 heteroatoms. The van der Waals surface area contributed by atoms with Crippen LogP contribution >= 0.6 is 0 Å². The van der Waals surface area contributed by atoms with E-state index in [2.05, 4.69) is 4.90 Å². The summed E-state index contributed by atoms with van der Waals surface area (Å²) in [6.45, 7) is 5.53. The topological polar surface area (TPSA) is 64.0 Å². The van der Waals surface area contributed by atoms with Crippen molar-refractivity contribution >= 4 is 5.97 Å². The molecule has 1 atom stereocenters. The predicted molar refractivity (Wildman–Crippen MR) is 61.4 cm³/mol. The summed E-state index contributed by atoms with van der Waals surface area (Å²) < 4.78 is 0. The van der Waals surface area contributed by atoms with E-state index in [1.165, 1.54) is 19.8 Å². The summed E-state index contributed by atoms with van der Waals surface area (Å²) >= 11 is 0. The second-order valence-corrected chi connectivity index (χ2v) is 4.87. The summed E-state index contributed by atoms with van der Waals surface area (Å²) in [6.07, 6.45) is 2.52. The molecule has 0 radical (unpaired) electrons. The van der Waals surface area contributed by atoms with Crippen molar-refractivity contribution in [3.8, 4) is 0 Å². The Balaban J connectivity index is 2.24. The zero-order chi connectivity index (χ0) is 12.2. The molecular formula is C11H22N2O3. The number of aliphatic carboxylic acids is 1. The second-order valence-electron chi connectivity index (χ2n) is 4.87. The Labute approximate surface area is 96.7 Å². The first-order valence-corrected chi connectivity index (χ1v) is 5.78. The van der Waals surface area contributed by atoms with E-state index in [0.717, 1.165) is 26.2 Å². The van der Waals surface area contributed by atoms with Crippen molar-refractivity contribution < 1.29 is 15.0 Å². The van der Waals surface area contributed by atoms with E-state index in [4.69, 9.17) is 5.11 Å². The van der Waals surface area contributed by atoms with Crippen LogP contribution in [0.2, 0.25) is 0 Å². The summed E-state index contributed by atoms with van der Waals surface area (Å²) in [5.74, 6) is -1.17. The number of hydrogen-bond acceptors (Lipinski definition) is 4. The van der Waals surface area contributed by atoms with Crippen LogP contribution in [0.5, 0.6) is 0 Å². The monoisotopic (exact) mass is 230 g/mol. The highest BCUT2D eigenvalue weighted by atomic mass is 16.4. The highest BCUT2D eigenvalue weighted by Gasteiger charge is 2.31. The van der Waals surface area contributed by atoms with E-state index in [0.29, 0.717) is 0 Å². The van der Waals surface area contributed by atoms with E-state index < -0.39 is 11.6 Å². The van der Waals surface area contributed by atoms with E-state index >= 15 is 0 Å². The third-order valence-electron chi connectivity index (χ3n) is 3.04. The van der Waals surface area contributed by atoms with Gasteiger partial charge in [-0.15, -0.1) is 0 Å². The van der Waals surface area contributed by atoms with Crippen LogP contribution in [0.15, 0.2) is 0 Å². The Morgan fingerprint density at radius 2 is 2.00 bits per heavy atom. The Morgan fingerprint density at radius 1 is 1.44 bits per heavy atom. The SMILES string of the molecule is CN(CCN1CCCC1)CC(C)(O)C(=O)O. The van der Waals surface area contributed by atoms with Crippen molar-refractivity contribution in [2.75, 3.05) is 39.8 Å². The van der Waals surface area contributed by atoms with Crippen molar-refractivity contribution in [1.82, 2.24) is 9.80 Å². The van der Waals surface area contributed by atoms with Crippen molar-refractivity contribution in [2.24, 2.45) is 0 Å². The average Bonchev–Trinajstić information content (AvgIpc) is 2.66. The van der Waals surface area contributed by atoms with E-state index in [9.17, 15) is 9.90 Å². The maximum atomic E-state index is 10.7. The zero-order valence-electron chi connectivity index (χ0n) is 10.1. The summed E-state index contributed by atoms with van der Waals surface area (Å²) in [7, 11) is 1.84. The molecule has 0 bridgehead atoms. The minimum atomic E-state index is -1.65. The van der Waals surface area contributed by atoms with Crippen LogP contribution in [0.1, 0.15) is 19.8 Å². The summed E-state index contributed by atoms with van der Waals surface area (Å²) in [6, 6.07) is 0. The molecule has 1 heterocycles. The largest absolute Gasteiger partial charge is 0.479 e. The van der Waals surface area contributed by atoms with Crippen molar-refractivity contribution in [3.05, 3.63) is 0 Å². The lowest BCUT2D eigenvalue weighted by molar-refractivity contribution is -0.158.